The molecule has 98 valence electrons. The Bertz CT molecular complexity index is 613. The molecule has 0 saturated carbocycles. The molecule has 1 atom stereocenters. The summed E-state index contributed by atoms with van der Waals surface area (Å²) in [6, 6.07) is 12.5. The van der Waals surface area contributed by atoms with Crippen molar-refractivity contribution in [3.05, 3.63) is 35.9 Å². The number of fused-ring (bicyclic) bond motifs is 1. The lowest BCUT2D eigenvalue weighted by Gasteiger charge is -2.26. The molecule has 0 fully saturated rings. The van der Waals surface area contributed by atoms with Crippen molar-refractivity contribution in [1.29, 1.82) is 5.26 Å². The van der Waals surface area contributed by atoms with Crippen LogP contribution in [0.1, 0.15) is 32.3 Å². The lowest BCUT2D eigenvalue weighted by Crippen LogP contribution is -2.30. The summed E-state index contributed by atoms with van der Waals surface area (Å²) >= 11 is 0. The zero-order chi connectivity index (χ0) is 13.8. The highest BCUT2D eigenvalue weighted by Crippen LogP contribution is 2.24. The number of benzene rings is 1. The molecule has 1 aromatic heterocycles. The molecule has 0 bridgehead atoms. The minimum atomic E-state index is 0.380. The van der Waals surface area contributed by atoms with Crippen molar-refractivity contribution < 1.29 is 0 Å². The van der Waals surface area contributed by atoms with Crippen LogP contribution in [0.15, 0.2) is 30.3 Å². The summed E-state index contributed by atoms with van der Waals surface area (Å²) in [7, 11) is 2.01. The number of para-hydroxylation sites is 1. The largest absolute Gasteiger partial charge is 0.356 e. The van der Waals surface area contributed by atoms with Gasteiger partial charge in [0.15, 0.2) is 0 Å². The van der Waals surface area contributed by atoms with Crippen LogP contribution in [0.4, 0.5) is 5.82 Å². The average Bonchev–Trinajstić information content (AvgIpc) is 2.45. The third kappa shape index (κ3) is 2.68. The van der Waals surface area contributed by atoms with Crippen molar-refractivity contribution in [2.24, 2.45) is 0 Å². The fourth-order valence-corrected chi connectivity index (χ4v) is 2.28. The van der Waals surface area contributed by atoms with Gasteiger partial charge in [-0.3, -0.25) is 0 Å². The number of pyridine rings is 1. The minimum absolute atomic E-state index is 0.380. The van der Waals surface area contributed by atoms with Crippen molar-refractivity contribution in [3.63, 3.8) is 0 Å². The highest BCUT2D eigenvalue weighted by atomic mass is 15.2. The van der Waals surface area contributed by atoms with Gasteiger partial charge in [0.05, 0.1) is 11.1 Å². The van der Waals surface area contributed by atoms with E-state index in [0.717, 1.165) is 29.6 Å². The summed E-state index contributed by atoms with van der Waals surface area (Å²) in [4.78, 5) is 6.76. The van der Waals surface area contributed by atoms with Gasteiger partial charge >= 0.3 is 0 Å². The molecule has 1 aromatic carbocycles. The number of aromatic nitrogens is 1. The third-order valence-electron chi connectivity index (χ3n) is 3.53. The van der Waals surface area contributed by atoms with Gasteiger partial charge in [-0.1, -0.05) is 31.5 Å². The second-order valence-electron chi connectivity index (χ2n) is 4.91. The zero-order valence-corrected chi connectivity index (χ0v) is 11.7. The van der Waals surface area contributed by atoms with Crippen molar-refractivity contribution in [3.8, 4) is 6.07 Å². The summed E-state index contributed by atoms with van der Waals surface area (Å²) < 4.78 is 0. The topological polar surface area (TPSA) is 39.9 Å². The number of hydrogen-bond acceptors (Lipinski definition) is 3. The van der Waals surface area contributed by atoms with Gasteiger partial charge in [-0.15, -0.1) is 0 Å². The second-order valence-corrected chi connectivity index (χ2v) is 4.91. The molecule has 0 aliphatic heterocycles. The summed E-state index contributed by atoms with van der Waals surface area (Å²) in [6.45, 7) is 4.34. The molecule has 3 heteroatoms. The van der Waals surface area contributed by atoms with E-state index in [9.17, 15) is 5.26 Å². The summed E-state index contributed by atoms with van der Waals surface area (Å²) in [5.74, 6) is 0.780. The molecule has 2 aromatic rings. The number of nitriles is 1. The Morgan fingerprint density at radius 3 is 2.79 bits per heavy atom. The van der Waals surface area contributed by atoms with Crippen LogP contribution in [0.25, 0.3) is 10.9 Å². The van der Waals surface area contributed by atoms with E-state index >= 15 is 0 Å². The van der Waals surface area contributed by atoms with E-state index in [1.807, 2.05) is 37.4 Å². The minimum Gasteiger partial charge on any atom is -0.356 e. The highest BCUT2D eigenvalue weighted by molar-refractivity contribution is 5.83. The molecule has 0 amide bonds. The van der Waals surface area contributed by atoms with E-state index in [4.69, 9.17) is 0 Å². The van der Waals surface area contributed by atoms with E-state index in [1.54, 1.807) is 0 Å². The van der Waals surface area contributed by atoms with Gasteiger partial charge in [-0.25, -0.2) is 4.98 Å². The Morgan fingerprint density at radius 2 is 2.11 bits per heavy atom. The van der Waals surface area contributed by atoms with Crippen LogP contribution in [-0.4, -0.2) is 18.1 Å². The molecule has 0 radical (unpaired) electrons. The highest BCUT2D eigenvalue weighted by Gasteiger charge is 2.15. The molecular weight excluding hydrogens is 234 g/mol. The normalized spacial score (nSPS) is 12.1. The third-order valence-corrected chi connectivity index (χ3v) is 3.53. The maximum atomic E-state index is 9.32. The number of rotatable bonds is 4. The van der Waals surface area contributed by atoms with E-state index in [-0.39, 0.29) is 0 Å². The summed E-state index contributed by atoms with van der Waals surface area (Å²) in [6.07, 6.45) is 2.22. The number of anilines is 1. The maximum absolute atomic E-state index is 9.32. The first-order valence-electron chi connectivity index (χ1n) is 6.70. The van der Waals surface area contributed by atoms with Crippen LogP contribution in [0.2, 0.25) is 0 Å². The Labute approximate surface area is 114 Å². The zero-order valence-electron chi connectivity index (χ0n) is 11.7. The van der Waals surface area contributed by atoms with Crippen LogP contribution in [0.3, 0.4) is 0 Å². The molecule has 2 rings (SSSR count). The molecule has 0 spiro atoms. The summed E-state index contributed by atoms with van der Waals surface area (Å²) in [5.41, 5.74) is 1.58. The molecule has 19 heavy (non-hydrogen) atoms. The Morgan fingerprint density at radius 1 is 1.37 bits per heavy atom. The van der Waals surface area contributed by atoms with Crippen LogP contribution in [0.5, 0.6) is 0 Å². The van der Waals surface area contributed by atoms with Gasteiger partial charge in [0.1, 0.15) is 11.9 Å². The molecule has 1 unspecified atom stereocenters. The molecule has 0 N–H and O–H groups in total. The average molecular weight is 253 g/mol. The monoisotopic (exact) mass is 253 g/mol. The van der Waals surface area contributed by atoms with Crippen molar-refractivity contribution in [1.82, 2.24) is 4.98 Å². The van der Waals surface area contributed by atoms with E-state index in [0.29, 0.717) is 11.6 Å². The first kappa shape index (κ1) is 13.4. The molecule has 0 aliphatic rings. The standard InChI is InChI=1S/C16H19N3/c1-4-7-12(2)19(3)16-14(11-17)10-13-8-5-6-9-15(13)18-16/h5-6,8-10,12H,4,7H2,1-3H3. The van der Waals surface area contributed by atoms with Gasteiger partial charge in [-0.2, -0.15) is 5.26 Å². The quantitative estimate of drug-likeness (QED) is 0.833. The molecule has 1 heterocycles. The van der Waals surface area contributed by atoms with Crippen LogP contribution >= 0.6 is 0 Å². The van der Waals surface area contributed by atoms with Crippen molar-refractivity contribution >= 4 is 16.7 Å². The molecular formula is C16H19N3. The molecule has 0 aliphatic carbocycles. The van der Waals surface area contributed by atoms with E-state index in [2.05, 4.69) is 29.8 Å². The molecule has 0 saturated heterocycles. The van der Waals surface area contributed by atoms with Crippen molar-refractivity contribution in [2.45, 2.75) is 32.7 Å². The second kappa shape index (κ2) is 5.71. The smallest absolute Gasteiger partial charge is 0.147 e. The molecule has 3 nitrogen and oxygen atoms in total. The number of hydrogen-bond donors (Lipinski definition) is 0. The Hall–Kier alpha value is -2.08. The van der Waals surface area contributed by atoms with Crippen molar-refractivity contribution in [2.75, 3.05) is 11.9 Å². The Kier molecular flexibility index (Phi) is 4.01. The first-order chi connectivity index (χ1) is 9.17. The van der Waals surface area contributed by atoms with Gasteiger partial charge in [0.25, 0.3) is 0 Å². The fraction of sp³-hybridized carbons (Fsp3) is 0.375. The fourth-order valence-electron chi connectivity index (χ4n) is 2.28. The van der Waals surface area contributed by atoms with Gasteiger partial charge in [-0.05, 0) is 25.5 Å². The predicted octanol–water partition coefficient (Wildman–Crippen LogP) is 3.73. The van der Waals surface area contributed by atoms with Gasteiger partial charge in [0, 0.05) is 18.5 Å². The Balaban J connectivity index is 2.49. The maximum Gasteiger partial charge on any atom is 0.147 e. The predicted molar refractivity (Wildman–Crippen MR) is 79.2 cm³/mol. The lowest BCUT2D eigenvalue weighted by atomic mass is 10.1. The number of nitrogens with zero attached hydrogens (tertiary/aromatic N) is 3. The van der Waals surface area contributed by atoms with E-state index < -0.39 is 0 Å². The van der Waals surface area contributed by atoms with Crippen LogP contribution in [-0.2, 0) is 0 Å². The first-order valence-corrected chi connectivity index (χ1v) is 6.70. The van der Waals surface area contributed by atoms with Gasteiger partial charge < -0.3 is 4.90 Å². The van der Waals surface area contributed by atoms with Gasteiger partial charge in [0.2, 0.25) is 0 Å². The van der Waals surface area contributed by atoms with Crippen LogP contribution < -0.4 is 4.90 Å². The summed E-state index contributed by atoms with van der Waals surface area (Å²) in [5, 5.41) is 10.3. The van der Waals surface area contributed by atoms with E-state index in [1.165, 1.54) is 0 Å². The van der Waals surface area contributed by atoms with Crippen LogP contribution in [0, 0.1) is 11.3 Å². The SMILES string of the molecule is CCCC(C)N(C)c1nc2ccccc2cc1C#N. The lowest BCUT2D eigenvalue weighted by molar-refractivity contribution is 0.611.